The minimum atomic E-state index is 0.445. The highest BCUT2D eigenvalue weighted by atomic mass is 15.4. The summed E-state index contributed by atoms with van der Waals surface area (Å²) in [5.41, 5.74) is 1.58. The fourth-order valence-corrected chi connectivity index (χ4v) is 2.34. The third-order valence-electron chi connectivity index (χ3n) is 3.41. The highest BCUT2D eigenvalue weighted by Crippen LogP contribution is 2.18. The average Bonchev–Trinajstić information content (AvgIpc) is 2.97. The second-order valence-corrected chi connectivity index (χ2v) is 4.97. The molecule has 0 amide bonds. The van der Waals surface area contributed by atoms with Crippen LogP contribution in [0.15, 0.2) is 24.3 Å². The van der Waals surface area contributed by atoms with Crippen LogP contribution in [0.2, 0.25) is 0 Å². The van der Waals surface area contributed by atoms with Crippen LogP contribution in [0.4, 0.5) is 5.95 Å². The molecule has 0 aliphatic carbocycles. The van der Waals surface area contributed by atoms with Gasteiger partial charge in [0.25, 0.3) is 0 Å². The summed E-state index contributed by atoms with van der Waals surface area (Å²) in [5.74, 6) is 1.47. The van der Waals surface area contributed by atoms with Crippen LogP contribution in [0.1, 0.15) is 12.5 Å². The molecule has 1 aromatic carbocycles. The minimum Gasteiger partial charge on any atom is -0.337 e. The fraction of sp³-hybridized carbons (Fsp3) is 0.357. The Morgan fingerprint density at radius 3 is 2.85 bits per heavy atom. The van der Waals surface area contributed by atoms with Crippen LogP contribution in [-0.2, 0) is 0 Å². The van der Waals surface area contributed by atoms with Gasteiger partial charge in [0.2, 0.25) is 5.95 Å². The van der Waals surface area contributed by atoms with Gasteiger partial charge in [-0.1, -0.05) is 0 Å². The van der Waals surface area contributed by atoms with Crippen LogP contribution in [0, 0.1) is 11.3 Å². The van der Waals surface area contributed by atoms with Crippen LogP contribution < -0.4 is 10.2 Å². The molecule has 3 rings (SSSR count). The lowest BCUT2D eigenvalue weighted by molar-refractivity contribution is 0.480. The number of rotatable bonds is 2. The lowest BCUT2D eigenvalue weighted by Crippen LogP contribution is -2.49. The average molecular weight is 268 g/mol. The Morgan fingerprint density at radius 2 is 2.15 bits per heavy atom. The van der Waals surface area contributed by atoms with Crippen molar-refractivity contribution in [3.05, 3.63) is 29.8 Å². The molecule has 1 unspecified atom stereocenters. The number of piperazine rings is 1. The first-order valence-corrected chi connectivity index (χ1v) is 6.67. The molecule has 102 valence electrons. The van der Waals surface area contributed by atoms with Crippen LogP contribution in [0.5, 0.6) is 0 Å². The van der Waals surface area contributed by atoms with Gasteiger partial charge in [-0.2, -0.15) is 10.2 Å². The van der Waals surface area contributed by atoms with E-state index >= 15 is 0 Å². The number of hydrogen-bond acceptors (Lipinski definition) is 5. The highest BCUT2D eigenvalue weighted by Gasteiger charge is 2.19. The van der Waals surface area contributed by atoms with Crippen molar-refractivity contribution in [2.45, 2.75) is 13.0 Å². The zero-order valence-corrected chi connectivity index (χ0v) is 11.3. The van der Waals surface area contributed by atoms with Crippen molar-refractivity contribution >= 4 is 5.95 Å². The summed E-state index contributed by atoms with van der Waals surface area (Å²) >= 11 is 0. The van der Waals surface area contributed by atoms with Gasteiger partial charge in [-0.05, 0) is 31.2 Å². The van der Waals surface area contributed by atoms with E-state index in [1.54, 1.807) is 12.1 Å². The maximum Gasteiger partial charge on any atom is 0.245 e. The summed E-state index contributed by atoms with van der Waals surface area (Å²) < 4.78 is 0. The standard InChI is InChI=1S/C14H16N6/c1-10-9-20(7-6-16-10)14-17-13(18-19-14)12-4-2-11(8-15)3-5-12/h2-5,10,16H,6-7,9H2,1H3,(H,17,18,19). The summed E-state index contributed by atoms with van der Waals surface area (Å²) in [5, 5.41) is 19.5. The van der Waals surface area contributed by atoms with Crippen molar-refractivity contribution in [2.24, 2.45) is 0 Å². The Kier molecular flexibility index (Phi) is 3.35. The zero-order valence-electron chi connectivity index (χ0n) is 11.3. The van der Waals surface area contributed by atoms with E-state index in [4.69, 9.17) is 5.26 Å². The van der Waals surface area contributed by atoms with E-state index in [0.29, 0.717) is 11.6 Å². The molecule has 1 aliphatic heterocycles. The van der Waals surface area contributed by atoms with Gasteiger partial charge < -0.3 is 10.2 Å². The van der Waals surface area contributed by atoms with E-state index < -0.39 is 0 Å². The monoisotopic (exact) mass is 268 g/mol. The third-order valence-corrected chi connectivity index (χ3v) is 3.41. The van der Waals surface area contributed by atoms with Gasteiger partial charge in [-0.3, -0.25) is 5.10 Å². The Balaban J connectivity index is 1.80. The molecule has 0 bridgehead atoms. The number of benzene rings is 1. The summed E-state index contributed by atoms with van der Waals surface area (Å²) in [4.78, 5) is 6.71. The summed E-state index contributed by atoms with van der Waals surface area (Å²) in [6.45, 7) is 4.92. The zero-order chi connectivity index (χ0) is 13.9. The molecule has 1 fully saturated rings. The largest absolute Gasteiger partial charge is 0.337 e. The SMILES string of the molecule is CC1CN(c2n[nH]c(-c3ccc(C#N)cc3)n2)CCN1. The van der Waals surface area contributed by atoms with E-state index in [-0.39, 0.29) is 0 Å². The van der Waals surface area contributed by atoms with Crippen LogP contribution in [-0.4, -0.2) is 40.9 Å². The van der Waals surface area contributed by atoms with Gasteiger partial charge in [0, 0.05) is 31.2 Å². The smallest absolute Gasteiger partial charge is 0.245 e. The fourth-order valence-electron chi connectivity index (χ4n) is 2.34. The number of hydrogen-bond donors (Lipinski definition) is 2. The van der Waals surface area contributed by atoms with E-state index in [1.165, 1.54) is 0 Å². The normalized spacial score (nSPS) is 18.8. The molecule has 1 aliphatic rings. The van der Waals surface area contributed by atoms with Crippen molar-refractivity contribution in [1.82, 2.24) is 20.5 Å². The molecular weight excluding hydrogens is 252 g/mol. The lowest BCUT2D eigenvalue weighted by Gasteiger charge is -2.30. The predicted molar refractivity (Wildman–Crippen MR) is 76.2 cm³/mol. The summed E-state index contributed by atoms with van der Waals surface area (Å²) in [7, 11) is 0. The minimum absolute atomic E-state index is 0.445. The molecule has 2 heterocycles. The van der Waals surface area contributed by atoms with Gasteiger partial charge in [-0.15, -0.1) is 5.10 Å². The first-order valence-electron chi connectivity index (χ1n) is 6.67. The van der Waals surface area contributed by atoms with Crippen molar-refractivity contribution in [1.29, 1.82) is 5.26 Å². The van der Waals surface area contributed by atoms with Crippen LogP contribution in [0.25, 0.3) is 11.4 Å². The quantitative estimate of drug-likeness (QED) is 0.853. The maximum atomic E-state index is 8.80. The second kappa shape index (κ2) is 5.31. The van der Waals surface area contributed by atoms with E-state index in [1.807, 2.05) is 12.1 Å². The van der Waals surface area contributed by atoms with Gasteiger partial charge in [0.1, 0.15) is 0 Å². The van der Waals surface area contributed by atoms with E-state index in [9.17, 15) is 0 Å². The van der Waals surface area contributed by atoms with Crippen molar-refractivity contribution in [2.75, 3.05) is 24.5 Å². The molecular formula is C14H16N6. The molecule has 6 heteroatoms. The molecule has 1 saturated heterocycles. The first-order chi connectivity index (χ1) is 9.76. The Hall–Kier alpha value is -2.39. The van der Waals surface area contributed by atoms with Gasteiger partial charge >= 0.3 is 0 Å². The van der Waals surface area contributed by atoms with Crippen molar-refractivity contribution in [3.8, 4) is 17.5 Å². The molecule has 1 atom stereocenters. The van der Waals surface area contributed by atoms with E-state index in [0.717, 1.165) is 37.0 Å². The summed E-state index contributed by atoms with van der Waals surface area (Å²) in [6.07, 6.45) is 0. The predicted octanol–water partition coefficient (Wildman–Crippen LogP) is 1.14. The van der Waals surface area contributed by atoms with Gasteiger partial charge in [0.05, 0.1) is 11.6 Å². The number of H-pyrrole nitrogens is 1. The van der Waals surface area contributed by atoms with Crippen LogP contribution in [0.3, 0.4) is 0 Å². The lowest BCUT2D eigenvalue weighted by atomic mass is 10.1. The van der Waals surface area contributed by atoms with Crippen molar-refractivity contribution < 1.29 is 0 Å². The topological polar surface area (TPSA) is 80.6 Å². The molecule has 20 heavy (non-hydrogen) atoms. The first kappa shape index (κ1) is 12.6. The molecule has 0 saturated carbocycles. The molecule has 1 aromatic heterocycles. The Bertz CT molecular complexity index is 624. The molecule has 0 spiro atoms. The number of anilines is 1. The van der Waals surface area contributed by atoms with Crippen LogP contribution >= 0.6 is 0 Å². The number of aromatic amines is 1. The van der Waals surface area contributed by atoms with E-state index in [2.05, 4.69) is 38.4 Å². The molecule has 6 nitrogen and oxygen atoms in total. The summed E-state index contributed by atoms with van der Waals surface area (Å²) in [6, 6.07) is 9.87. The Labute approximate surface area is 117 Å². The number of nitrogens with zero attached hydrogens (tertiary/aromatic N) is 4. The molecule has 2 aromatic rings. The molecule has 0 radical (unpaired) electrons. The second-order valence-electron chi connectivity index (χ2n) is 4.97. The maximum absolute atomic E-state index is 8.80. The highest BCUT2D eigenvalue weighted by molar-refractivity contribution is 5.57. The number of nitriles is 1. The van der Waals surface area contributed by atoms with Gasteiger partial charge in [0.15, 0.2) is 5.82 Å². The Morgan fingerprint density at radius 1 is 1.35 bits per heavy atom. The van der Waals surface area contributed by atoms with Crippen molar-refractivity contribution in [3.63, 3.8) is 0 Å². The number of aromatic nitrogens is 3. The molecule has 2 N–H and O–H groups in total. The van der Waals surface area contributed by atoms with Gasteiger partial charge in [-0.25, -0.2) is 0 Å². The third kappa shape index (κ3) is 2.49. The number of nitrogens with one attached hydrogen (secondary N) is 2.